The molecule has 1 aromatic heterocycles. The summed E-state index contributed by atoms with van der Waals surface area (Å²) in [5.74, 6) is -0.275. The van der Waals surface area contributed by atoms with Crippen molar-refractivity contribution >= 4 is 28.3 Å². The summed E-state index contributed by atoms with van der Waals surface area (Å²) in [6.45, 7) is 1.96. The molecule has 1 amide bonds. The van der Waals surface area contributed by atoms with E-state index in [4.69, 9.17) is 4.42 Å². The molecule has 0 aliphatic rings. The lowest BCUT2D eigenvalue weighted by Crippen LogP contribution is -2.22. The summed E-state index contributed by atoms with van der Waals surface area (Å²) in [6.07, 6.45) is 0. The third-order valence-electron chi connectivity index (χ3n) is 4.31. The van der Waals surface area contributed by atoms with E-state index in [2.05, 4.69) is 15.8 Å². The number of nitrogens with zero attached hydrogens (tertiary/aromatic N) is 1. The molecule has 0 bridgehead atoms. The van der Waals surface area contributed by atoms with Crippen LogP contribution in [-0.4, -0.2) is 11.0 Å². The third kappa shape index (κ3) is 4.27. The van der Waals surface area contributed by atoms with E-state index in [1.807, 2.05) is 61.5 Å². The van der Waals surface area contributed by atoms with E-state index >= 15 is 0 Å². The van der Waals surface area contributed by atoms with Crippen LogP contribution in [0.2, 0.25) is 0 Å². The van der Waals surface area contributed by atoms with Gasteiger partial charge in [0.1, 0.15) is 16.9 Å². The number of anilines is 2. The van der Waals surface area contributed by atoms with E-state index in [0.717, 1.165) is 11.3 Å². The van der Waals surface area contributed by atoms with Crippen LogP contribution in [0.4, 0.5) is 11.4 Å². The fraction of sp³-hybridized carbons (Fsp3) is 0.0435. The fourth-order valence-corrected chi connectivity index (χ4v) is 2.90. The predicted octanol–water partition coefficient (Wildman–Crippen LogP) is 4.63. The van der Waals surface area contributed by atoms with Crippen molar-refractivity contribution in [3.05, 3.63) is 95.5 Å². The van der Waals surface area contributed by atoms with Gasteiger partial charge in [-0.25, -0.2) is 0 Å². The fourth-order valence-electron chi connectivity index (χ4n) is 2.90. The molecule has 0 saturated carbocycles. The van der Waals surface area contributed by atoms with Gasteiger partial charge >= 0.3 is 0 Å². The van der Waals surface area contributed by atoms with Crippen LogP contribution in [0, 0.1) is 6.92 Å². The molecule has 0 aliphatic heterocycles. The number of nitrogens with one attached hydrogen (secondary N) is 2. The quantitative estimate of drug-likeness (QED) is 0.447. The van der Waals surface area contributed by atoms with Crippen LogP contribution < -0.4 is 16.3 Å². The number of benzene rings is 3. The Morgan fingerprint density at radius 2 is 1.72 bits per heavy atom. The number of amides is 1. The summed E-state index contributed by atoms with van der Waals surface area (Å²) in [4.78, 5) is 13.0. The number of phenols is 1. The maximum Gasteiger partial charge on any atom is 0.261 e. The van der Waals surface area contributed by atoms with Gasteiger partial charge in [0.15, 0.2) is 0 Å². The van der Waals surface area contributed by atoms with E-state index in [-0.39, 0.29) is 22.8 Å². The van der Waals surface area contributed by atoms with Gasteiger partial charge in [-0.15, -0.1) is 5.10 Å². The van der Waals surface area contributed by atoms with E-state index in [9.17, 15) is 9.90 Å². The highest BCUT2D eigenvalue weighted by Crippen LogP contribution is 2.20. The molecule has 1 heterocycles. The number of hydrogen-bond acceptors (Lipinski definition) is 5. The highest BCUT2D eigenvalue weighted by molar-refractivity contribution is 6.05. The first-order chi connectivity index (χ1) is 14.1. The zero-order valence-electron chi connectivity index (χ0n) is 15.7. The molecule has 4 aromatic rings. The number of fused-ring (bicyclic) bond motifs is 1. The standard InChI is InChI=1S/C23H19N3O3/c1-15-6-5-9-18(12-15)24-22(28)20-13-16-10-11-19(27)14-21(16)29-23(20)26-25-17-7-3-2-4-8-17/h2-14,25,27H,1H3,(H,24,28). The second-order valence-electron chi connectivity index (χ2n) is 6.60. The van der Waals surface area contributed by atoms with Crippen molar-refractivity contribution in [2.75, 3.05) is 10.7 Å². The van der Waals surface area contributed by atoms with E-state index in [0.29, 0.717) is 16.7 Å². The van der Waals surface area contributed by atoms with Gasteiger partial charge in [-0.05, 0) is 55.0 Å². The van der Waals surface area contributed by atoms with Gasteiger partial charge in [-0.2, -0.15) is 0 Å². The van der Waals surface area contributed by atoms with Gasteiger partial charge in [0, 0.05) is 17.1 Å². The van der Waals surface area contributed by atoms with Gasteiger partial charge < -0.3 is 14.8 Å². The Labute approximate surface area is 167 Å². The Hall–Kier alpha value is -4.06. The molecule has 6 nitrogen and oxygen atoms in total. The van der Waals surface area contributed by atoms with Gasteiger partial charge in [0.05, 0.1) is 5.69 Å². The number of rotatable bonds is 4. The molecule has 144 valence electrons. The van der Waals surface area contributed by atoms with Gasteiger partial charge in [0.2, 0.25) is 5.55 Å². The van der Waals surface area contributed by atoms with Gasteiger partial charge in [-0.1, -0.05) is 30.3 Å². The molecule has 0 saturated heterocycles. The number of aromatic hydroxyl groups is 1. The molecule has 0 radical (unpaired) electrons. The zero-order valence-corrected chi connectivity index (χ0v) is 15.7. The summed E-state index contributed by atoms with van der Waals surface area (Å²) in [5, 5.41) is 17.6. The number of carbonyl (C=O) groups excluding carboxylic acids is 1. The van der Waals surface area contributed by atoms with Crippen molar-refractivity contribution in [2.45, 2.75) is 6.92 Å². The Bertz CT molecular complexity index is 1250. The average molecular weight is 385 g/mol. The largest absolute Gasteiger partial charge is 0.508 e. The molecule has 3 N–H and O–H groups in total. The second-order valence-corrected chi connectivity index (χ2v) is 6.60. The summed E-state index contributed by atoms with van der Waals surface area (Å²) < 4.78 is 5.83. The lowest BCUT2D eigenvalue weighted by molar-refractivity contribution is 0.102. The molecule has 29 heavy (non-hydrogen) atoms. The van der Waals surface area contributed by atoms with Crippen molar-refractivity contribution in [3.63, 3.8) is 0 Å². The van der Waals surface area contributed by atoms with Crippen LogP contribution in [0.3, 0.4) is 0 Å². The SMILES string of the molecule is Cc1cccc(NC(=O)c2cc3ccc(O)cc3oc2=NNc2ccccc2)c1. The minimum Gasteiger partial charge on any atom is -0.508 e. The zero-order chi connectivity index (χ0) is 20.2. The first-order valence-electron chi connectivity index (χ1n) is 9.08. The number of carbonyl (C=O) groups is 1. The van der Waals surface area contributed by atoms with E-state index in [1.54, 1.807) is 18.2 Å². The molecule has 6 heteroatoms. The van der Waals surface area contributed by atoms with Crippen molar-refractivity contribution in [1.82, 2.24) is 0 Å². The van der Waals surface area contributed by atoms with Crippen molar-refractivity contribution in [1.29, 1.82) is 0 Å². The molecule has 0 fully saturated rings. The number of phenolic OH excluding ortho intramolecular Hbond substituents is 1. The van der Waals surface area contributed by atoms with Crippen molar-refractivity contribution in [3.8, 4) is 5.75 Å². The first kappa shape index (κ1) is 18.3. The monoisotopic (exact) mass is 385 g/mol. The number of aryl methyl sites for hydroxylation is 1. The van der Waals surface area contributed by atoms with Gasteiger partial charge in [-0.3, -0.25) is 10.2 Å². The Balaban J connectivity index is 1.77. The maximum atomic E-state index is 13.0. The van der Waals surface area contributed by atoms with Crippen molar-refractivity contribution < 1.29 is 14.3 Å². The molecule has 0 spiro atoms. The maximum absolute atomic E-state index is 13.0. The molecule has 0 aliphatic carbocycles. The average Bonchev–Trinajstić information content (AvgIpc) is 2.72. The number of hydrogen-bond donors (Lipinski definition) is 3. The Morgan fingerprint density at radius 3 is 2.52 bits per heavy atom. The highest BCUT2D eigenvalue weighted by atomic mass is 16.3. The first-order valence-corrected chi connectivity index (χ1v) is 9.08. The topological polar surface area (TPSA) is 86.9 Å². The van der Waals surface area contributed by atoms with Crippen LogP contribution in [0.25, 0.3) is 11.0 Å². The van der Waals surface area contributed by atoms with Crippen LogP contribution in [0.1, 0.15) is 15.9 Å². The lowest BCUT2D eigenvalue weighted by Gasteiger charge is -2.08. The summed E-state index contributed by atoms with van der Waals surface area (Å²) in [7, 11) is 0. The van der Waals surface area contributed by atoms with E-state index in [1.165, 1.54) is 6.07 Å². The minimum absolute atomic E-state index is 0.0696. The minimum atomic E-state index is -0.345. The Morgan fingerprint density at radius 1 is 0.931 bits per heavy atom. The lowest BCUT2D eigenvalue weighted by atomic mass is 10.1. The molecule has 4 rings (SSSR count). The summed E-state index contributed by atoms with van der Waals surface area (Å²) in [5.41, 5.74) is 6.17. The summed E-state index contributed by atoms with van der Waals surface area (Å²) in [6, 6.07) is 23.3. The highest BCUT2D eigenvalue weighted by Gasteiger charge is 2.13. The van der Waals surface area contributed by atoms with Crippen LogP contribution in [-0.2, 0) is 0 Å². The van der Waals surface area contributed by atoms with Crippen molar-refractivity contribution in [2.24, 2.45) is 5.10 Å². The normalized spacial score (nSPS) is 11.4. The third-order valence-corrected chi connectivity index (χ3v) is 4.31. The summed E-state index contributed by atoms with van der Waals surface area (Å²) >= 11 is 0. The van der Waals surface area contributed by atoms with Gasteiger partial charge in [0.25, 0.3) is 5.91 Å². The molecular formula is C23H19N3O3. The molecule has 3 aromatic carbocycles. The van der Waals surface area contributed by atoms with Crippen LogP contribution in [0.15, 0.2) is 88.4 Å². The molecule has 0 unspecified atom stereocenters. The smallest absolute Gasteiger partial charge is 0.261 e. The molecule has 0 atom stereocenters. The van der Waals surface area contributed by atoms with Crippen LogP contribution >= 0.6 is 0 Å². The Kier molecular flexibility index (Phi) is 4.99. The second kappa shape index (κ2) is 7.90. The van der Waals surface area contributed by atoms with E-state index < -0.39 is 0 Å². The molecular weight excluding hydrogens is 366 g/mol. The number of para-hydroxylation sites is 1. The van der Waals surface area contributed by atoms with Crippen LogP contribution in [0.5, 0.6) is 5.75 Å². The predicted molar refractivity (Wildman–Crippen MR) is 113 cm³/mol.